The standard InChI is InChI=1S/C21H30N4O2S/c1-3-17-14(2)28-20-19(17)21(27)25(13-22-20)16-9-6-10-24(11-16)12-18(26)23-15-7-4-5-8-15/h13,15-16H,3-12H2,1-2H3,(H,23,26)/t16-/m0/s1. The number of carbonyl (C=O) groups is 1. The van der Waals surface area contributed by atoms with E-state index in [1.807, 2.05) is 4.57 Å². The first-order valence-corrected chi connectivity index (χ1v) is 11.4. The molecule has 1 N–H and O–H groups in total. The van der Waals surface area contributed by atoms with Crippen LogP contribution in [-0.2, 0) is 11.2 Å². The number of aryl methyl sites for hydroxylation is 2. The number of likely N-dealkylation sites (tertiary alicyclic amines) is 1. The van der Waals surface area contributed by atoms with E-state index in [9.17, 15) is 9.59 Å². The molecule has 1 saturated carbocycles. The van der Waals surface area contributed by atoms with Crippen LogP contribution in [0.1, 0.15) is 61.9 Å². The quantitative estimate of drug-likeness (QED) is 0.835. The van der Waals surface area contributed by atoms with Gasteiger partial charge >= 0.3 is 0 Å². The molecule has 0 spiro atoms. The Balaban J connectivity index is 1.49. The second-order valence-electron chi connectivity index (χ2n) is 8.21. The van der Waals surface area contributed by atoms with Crippen molar-refractivity contribution in [3.63, 3.8) is 0 Å². The number of aromatic nitrogens is 2. The summed E-state index contributed by atoms with van der Waals surface area (Å²) in [6.45, 7) is 6.23. The van der Waals surface area contributed by atoms with Crippen LogP contribution >= 0.6 is 11.3 Å². The molecule has 2 aromatic rings. The van der Waals surface area contributed by atoms with Crippen molar-refractivity contribution < 1.29 is 4.79 Å². The maximum Gasteiger partial charge on any atom is 0.262 e. The van der Waals surface area contributed by atoms with Crippen molar-refractivity contribution in [1.82, 2.24) is 19.8 Å². The van der Waals surface area contributed by atoms with Crippen molar-refractivity contribution in [2.24, 2.45) is 0 Å². The summed E-state index contributed by atoms with van der Waals surface area (Å²) in [6, 6.07) is 0.443. The molecule has 7 heteroatoms. The Bertz CT molecular complexity index is 913. The van der Waals surface area contributed by atoms with Crippen LogP contribution in [-0.4, -0.2) is 46.0 Å². The number of fused-ring (bicyclic) bond motifs is 1. The molecule has 0 radical (unpaired) electrons. The van der Waals surface area contributed by atoms with Gasteiger partial charge in [0, 0.05) is 17.5 Å². The zero-order chi connectivity index (χ0) is 19.7. The van der Waals surface area contributed by atoms with Gasteiger partial charge in [0.1, 0.15) is 4.83 Å². The van der Waals surface area contributed by atoms with Crippen LogP contribution < -0.4 is 10.9 Å². The van der Waals surface area contributed by atoms with Crippen LogP contribution in [0.4, 0.5) is 0 Å². The topological polar surface area (TPSA) is 67.2 Å². The molecule has 1 saturated heterocycles. The van der Waals surface area contributed by atoms with Gasteiger partial charge in [-0.15, -0.1) is 11.3 Å². The van der Waals surface area contributed by atoms with Crippen LogP contribution in [0.2, 0.25) is 0 Å². The molecule has 28 heavy (non-hydrogen) atoms. The summed E-state index contributed by atoms with van der Waals surface area (Å²) in [5.74, 6) is 0.121. The van der Waals surface area contributed by atoms with Gasteiger partial charge in [-0.25, -0.2) is 4.98 Å². The van der Waals surface area contributed by atoms with E-state index in [0.717, 1.165) is 61.0 Å². The highest BCUT2D eigenvalue weighted by atomic mass is 32.1. The Hall–Kier alpha value is -1.73. The Kier molecular flexibility index (Phi) is 5.83. The van der Waals surface area contributed by atoms with Gasteiger partial charge in [-0.05, 0) is 51.1 Å². The summed E-state index contributed by atoms with van der Waals surface area (Å²) in [7, 11) is 0. The van der Waals surface area contributed by atoms with E-state index in [0.29, 0.717) is 12.6 Å². The van der Waals surface area contributed by atoms with E-state index in [4.69, 9.17) is 0 Å². The van der Waals surface area contributed by atoms with Gasteiger partial charge in [0.2, 0.25) is 5.91 Å². The smallest absolute Gasteiger partial charge is 0.262 e. The maximum atomic E-state index is 13.2. The highest BCUT2D eigenvalue weighted by Crippen LogP contribution is 2.28. The van der Waals surface area contributed by atoms with E-state index in [1.54, 1.807) is 17.7 Å². The normalized spacial score (nSPS) is 21.4. The van der Waals surface area contributed by atoms with Crippen LogP contribution in [0, 0.1) is 6.92 Å². The third-order valence-corrected chi connectivity index (χ3v) is 7.31. The van der Waals surface area contributed by atoms with E-state index >= 15 is 0 Å². The predicted molar refractivity (Wildman–Crippen MR) is 113 cm³/mol. The van der Waals surface area contributed by atoms with Gasteiger partial charge in [0.05, 0.1) is 24.3 Å². The Morgan fingerprint density at radius 1 is 1.29 bits per heavy atom. The van der Waals surface area contributed by atoms with Crippen molar-refractivity contribution in [3.05, 3.63) is 27.1 Å². The SMILES string of the molecule is CCc1c(C)sc2ncn([C@H]3CCCN(CC(=O)NC4CCCC4)C3)c(=O)c12. The minimum Gasteiger partial charge on any atom is -0.352 e. The molecule has 1 aliphatic carbocycles. The number of carbonyl (C=O) groups excluding carboxylic acids is 1. The first kappa shape index (κ1) is 19.6. The number of piperidine rings is 1. The Morgan fingerprint density at radius 3 is 2.82 bits per heavy atom. The number of thiophene rings is 1. The number of rotatable bonds is 5. The lowest BCUT2D eigenvalue weighted by molar-refractivity contribution is -0.123. The highest BCUT2D eigenvalue weighted by Gasteiger charge is 2.26. The molecule has 2 aliphatic rings. The minimum atomic E-state index is 0.0773. The zero-order valence-electron chi connectivity index (χ0n) is 16.9. The van der Waals surface area contributed by atoms with Crippen LogP contribution in [0.3, 0.4) is 0 Å². The van der Waals surface area contributed by atoms with Crippen molar-refractivity contribution in [3.8, 4) is 0 Å². The van der Waals surface area contributed by atoms with E-state index in [1.165, 1.54) is 17.7 Å². The fourth-order valence-electron chi connectivity index (χ4n) is 4.80. The molecule has 0 bridgehead atoms. The highest BCUT2D eigenvalue weighted by molar-refractivity contribution is 7.18. The molecule has 2 aromatic heterocycles. The predicted octanol–water partition coefficient (Wildman–Crippen LogP) is 3.02. The molecule has 0 unspecified atom stereocenters. The lowest BCUT2D eigenvalue weighted by Gasteiger charge is -2.33. The molecule has 1 aliphatic heterocycles. The van der Waals surface area contributed by atoms with Crippen molar-refractivity contribution in [1.29, 1.82) is 0 Å². The van der Waals surface area contributed by atoms with Gasteiger partial charge in [-0.2, -0.15) is 0 Å². The van der Waals surface area contributed by atoms with E-state index in [-0.39, 0.29) is 17.5 Å². The lowest BCUT2D eigenvalue weighted by atomic mass is 10.0. The first-order valence-electron chi connectivity index (χ1n) is 10.6. The summed E-state index contributed by atoms with van der Waals surface area (Å²) in [6.07, 6.45) is 9.17. The molecular weight excluding hydrogens is 372 g/mol. The van der Waals surface area contributed by atoms with Crippen molar-refractivity contribution in [2.45, 2.75) is 70.9 Å². The monoisotopic (exact) mass is 402 g/mol. The number of hydrogen-bond donors (Lipinski definition) is 1. The number of nitrogens with zero attached hydrogens (tertiary/aromatic N) is 3. The summed E-state index contributed by atoms with van der Waals surface area (Å²) in [5, 5.41) is 3.97. The molecule has 4 rings (SSSR count). The van der Waals surface area contributed by atoms with Gasteiger partial charge in [0.25, 0.3) is 5.56 Å². The third kappa shape index (κ3) is 3.87. The molecule has 2 fully saturated rings. The van der Waals surface area contributed by atoms with Crippen molar-refractivity contribution in [2.75, 3.05) is 19.6 Å². The minimum absolute atomic E-state index is 0.0773. The average Bonchev–Trinajstić information content (AvgIpc) is 3.29. The summed E-state index contributed by atoms with van der Waals surface area (Å²) < 4.78 is 1.81. The number of amides is 1. The molecule has 1 amide bonds. The fourth-order valence-corrected chi connectivity index (χ4v) is 5.88. The Labute approximate surface area is 169 Å². The second-order valence-corrected chi connectivity index (χ2v) is 9.41. The van der Waals surface area contributed by atoms with Gasteiger partial charge in [-0.1, -0.05) is 19.8 Å². The largest absolute Gasteiger partial charge is 0.352 e. The summed E-state index contributed by atoms with van der Waals surface area (Å²) >= 11 is 1.61. The fraction of sp³-hybridized carbons (Fsp3) is 0.667. The van der Waals surface area contributed by atoms with E-state index < -0.39 is 0 Å². The van der Waals surface area contributed by atoms with E-state index in [2.05, 4.69) is 29.0 Å². The van der Waals surface area contributed by atoms with Crippen LogP contribution in [0.15, 0.2) is 11.1 Å². The van der Waals surface area contributed by atoms with Gasteiger partial charge in [0.15, 0.2) is 0 Å². The number of hydrogen-bond acceptors (Lipinski definition) is 5. The lowest BCUT2D eigenvalue weighted by Crippen LogP contribution is -2.46. The number of nitrogens with one attached hydrogen (secondary N) is 1. The maximum absolute atomic E-state index is 13.2. The second kappa shape index (κ2) is 8.33. The van der Waals surface area contributed by atoms with Crippen LogP contribution in [0.25, 0.3) is 10.2 Å². The van der Waals surface area contributed by atoms with Gasteiger partial charge < -0.3 is 5.32 Å². The molecule has 152 valence electrons. The zero-order valence-corrected chi connectivity index (χ0v) is 17.7. The first-order chi connectivity index (χ1) is 13.6. The summed E-state index contributed by atoms with van der Waals surface area (Å²) in [5.41, 5.74) is 1.21. The Morgan fingerprint density at radius 2 is 2.07 bits per heavy atom. The summed E-state index contributed by atoms with van der Waals surface area (Å²) in [4.78, 5) is 34.4. The van der Waals surface area contributed by atoms with Crippen LogP contribution in [0.5, 0.6) is 0 Å². The van der Waals surface area contributed by atoms with Gasteiger partial charge in [-0.3, -0.25) is 19.1 Å². The molecule has 6 nitrogen and oxygen atoms in total. The molecule has 1 atom stereocenters. The molecule has 0 aromatic carbocycles. The molecular formula is C21H30N4O2S. The third-order valence-electron chi connectivity index (χ3n) is 6.25. The van der Waals surface area contributed by atoms with Crippen molar-refractivity contribution >= 4 is 27.5 Å². The average molecular weight is 403 g/mol. The molecule has 3 heterocycles.